The second-order valence-electron chi connectivity index (χ2n) is 4.59. The van der Waals surface area contributed by atoms with E-state index in [1.54, 1.807) is 24.3 Å². The van der Waals surface area contributed by atoms with Gasteiger partial charge in [0.25, 0.3) is 15.9 Å². The molecule has 0 aliphatic carbocycles. The van der Waals surface area contributed by atoms with E-state index in [2.05, 4.69) is 4.72 Å². The number of rotatable bonds is 3. The van der Waals surface area contributed by atoms with Crippen molar-refractivity contribution in [2.75, 3.05) is 0 Å². The van der Waals surface area contributed by atoms with Crippen molar-refractivity contribution in [3.05, 3.63) is 51.2 Å². The second kappa shape index (κ2) is 5.38. The van der Waals surface area contributed by atoms with Gasteiger partial charge in [-0.25, -0.2) is 13.1 Å². The molecule has 0 fully saturated rings. The molecule has 0 aliphatic heterocycles. The number of aryl methyl sites for hydroxylation is 3. The van der Waals surface area contributed by atoms with Gasteiger partial charge in [-0.05, 0) is 56.2 Å². The lowest BCUT2D eigenvalue weighted by molar-refractivity contribution is 0.0985. The molecule has 4 nitrogen and oxygen atoms in total. The van der Waals surface area contributed by atoms with Crippen molar-refractivity contribution >= 4 is 27.3 Å². The first-order valence-corrected chi connectivity index (χ1v) is 8.30. The predicted octanol–water partition coefficient (Wildman–Crippen LogP) is 2.79. The Kier molecular flexibility index (Phi) is 3.96. The molecule has 0 unspecified atom stereocenters. The highest BCUT2D eigenvalue weighted by Gasteiger charge is 2.19. The van der Waals surface area contributed by atoms with E-state index in [-0.39, 0.29) is 4.90 Å². The maximum Gasteiger partial charge on any atom is 0.275 e. The quantitative estimate of drug-likeness (QED) is 0.948. The van der Waals surface area contributed by atoms with E-state index in [1.165, 1.54) is 17.4 Å². The molecule has 0 saturated heterocycles. The van der Waals surface area contributed by atoms with Crippen molar-refractivity contribution in [1.82, 2.24) is 4.72 Å². The molecule has 1 heterocycles. The lowest BCUT2D eigenvalue weighted by atomic mass is 10.1. The van der Waals surface area contributed by atoms with Gasteiger partial charge in [-0.3, -0.25) is 4.79 Å². The van der Waals surface area contributed by atoms with E-state index in [4.69, 9.17) is 0 Å². The van der Waals surface area contributed by atoms with Crippen molar-refractivity contribution in [2.45, 2.75) is 25.7 Å². The number of thiophene rings is 1. The first-order chi connectivity index (χ1) is 9.29. The van der Waals surface area contributed by atoms with Gasteiger partial charge in [0.2, 0.25) is 0 Å². The Morgan fingerprint density at radius 2 is 1.75 bits per heavy atom. The first-order valence-electron chi connectivity index (χ1n) is 6.00. The summed E-state index contributed by atoms with van der Waals surface area (Å²) in [6.45, 7) is 5.59. The molecule has 1 N–H and O–H groups in total. The summed E-state index contributed by atoms with van der Waals surface area (Å²) in [5.41, 5.74) is 1.87. The zero-order valence-corrected chi connectivity index (χ0v) is 13.1. The van der Waals surface area contributed by atoms with E-state index >= 15 is 0 Å². The summed E-state index contributed by atoms with van der Waals surface area (Å²) in [5.74, 6) is -0.596. The van der Waals surface area contributed by atoms with Crippen molar-refractivity contribution in [2.24, 2.45) is 0 Å². The number of sulfonamides is 1. The normalized spacial score (nSPS) is 11.3. The highest BCUT2D eigenvalue weighted by atomic mass is 32.2. The predicted molar refractivity (Wildman–Crippen MR) is 79.6 cm³/mol. The lowest BCUT2D eigenvalue weighted by Gasteiger charge is -2.08. The summed E-state index contributed by atoms with van der Waals surface area (Å²) in [7, 11) is -3.83. The first kappa shape index (κ1) is 14.7. The molecule has 6 heteroatoms. The molecule has 2 rings (SSSR count). The van der Waals surface area contributed by atoms with Crippen LogP contribution in [0.5, 0.6) is 0 Å². The SMILES string of the molecule is Cc1ccc(C(=O)NS(=O)(=O)c2ccc(C)c(C)c2)s1. The summed E-state index contributed by atoms with van der Waals surface area (Å²) >= 11 is 1.26. The van der Waals surface area contributed by atoms with E-state index in [1.807, 2.05) is 20.8 Å². The zero-order chi connectivity index (χ0) is 14.9. The van der Waals surface area contributed by atoms with Crippen LogP contribution in [0.1, 0.15) is 25.7 Å². The maximum absolute atomic E-state index is 12.2. The number of nitrogens with one attached hydrogen (secondary N) is 1. The van der Waals surface area contributed by atoms with Crippen LogP contribution in [0.15, 0.2) is 35.2 Å². The Labute approximate surface area is 122 Å². The third-order valence-corrected chi connectivity index (χ3v) is 5.31. The van der Waals surface area contributed by atoms with Crippen molar-refractivity contribution in [3.63, 3.8) is 0 Å². The van der Waals surface area contributed by atoms with Crippen LogP contribution < -0.4 is 4.72 Å². The largest absolute Gasteiger partial charge is 0.275 e. The molecule has 0 bridgehead atoms. The Hall–Kier alpha value is -1.66. The third-order valence-electron chi connectivity index (χ3n) is 2.98. The van der Waals surface area contributed by atoms with Crippen LogP contribution in [0.25, 0.3) is 0 Å². The van der Waals surface area contributed by atoms with E-state index in [0.717, 1.165) is 16.0 Å². The van der Waals surface area contributed by atoms with Crippen molar-refractivity contribution in [3.8, 4) is 0 Å². The summed E-state index contributed by atoms with van der Waals surface area (Å²) in [5, 5.41) is 0. The second-order valence-corrected chi connectivity index (χ2v) is 7.56. The maximum atomic E-state index is 12.2. The highest BCUT2D eigenvalue weighted by Crippen LogP contribution is 2.18. The topological polar surface area (TPSA) is 63.2 Å². The average Bonchev–Trinajstić information content (AvgIpc) is 2.79. The molecule has 1 aromatic carbocycles. The Morgan fingerprint density at radius 1 is 1.05 bits per heavy atom. The Balaban J connectivity index is 2.27. The van der Waals surface area contributed by atoms with Crippen LogP contribution in [0, 0.1) is 20.8 Å². The fraction of sp³-hybridized carbons (Fsp3) is 0.214. The average molecular weight is 309 g/mol. The van der Waals surface area contributed by atoms with Crippen LogP contribution in [0.2, 0.25) is 0 Å². The molecule has 0 atom stereocenters. The Morgan fingerprint density at radius 3 is 2.30 bits per heavy atom. The minimum absolute atomic E-state index is 0.0993. The van der Waals surface area contributed by atoms with Crippen LogP contribution >= 0.6 is 11.3 Å². The van der Waals surface area contributed by atoms with Gasteiger partial charge in [0.1, 0.15) is 0 Å². The third kappa shape index (κ3) is 3.08. The van der Waals surface area contributed by atoms with Gasteiger partial charge in [0.05, 0.1) is 9.77 Å². The zero-order valence-electron chi connectivity index (χ0n) is 11.4. The van der Waals surface area contributed by atoms with E-state index in [9.17, 15) is 13.2 Å². The summed E-state index contributed by atoms with van der Waals surface area (Å²) in [6.07, 6.45) is 0. The van der Waals surface area contributed by atoms with Crippen LogP contribution in [-0.4, -0.2) is 14.3 Å². The molecule has 0 radical (unpaired) electrons. The molecule has 20 heavy (non-hydrogen) atoms. The van der Waals surface area contributed by atoms with Crippen molar-refractivity contribution in [1.29, 1.82) is 0 Å². The van der Waals surface area contributed by atoms with Gasteiger partial charge in [-0.1, -0.05) is 6.07 Å². The van der Waals surface area contributed by atoms with Gasteiger partial charge < -0.3 is 0 Å². The minimum Gasteiger partial charge on any atom is -0.267 e. The number of carbonyl (C=O) groups is 1. The summed E-state index contributed by atoms with van der Waals surface area (Å²) in [6, 6.07) is 8.18. The van der Waals surface area contributed by atoms with Gasteiger partial charge in [0, 0.05) is 4.88 Å². The molecule has 106 valence electrons. The number of hydrogen-bond acceptors (Lipinski definition) is 4. The molecule has 0 aliphatic rings. The van der Waals surface area contributed by atoms with Gasteiger partial charge in [-0.2, -0.15) is 0 Å². The molecule has 0 saturated carbocycles. The van der Waals surface area contributed by atoms with E-state index in [0.29, 0.717) is 4.88 Å². The standard InChI is InChI=1S/C14H15NO3S2/c1-9-4-6-12(8-10(9)2)20(17,18)15-14(16)13-7-5-11(3)19-13/h4-8H,1-3H3,(H,15,16). The highest BCUT2D eigenvalue weighted by molar-refractivity contribution is 7.90. The number of benzene rings is 1. The number of hydrogen-bond donors (Lipinski definition) is 1. The lowest BCUT2D eigenvalue weighted by Crippen LogP contribution is -2.30. The molecule has 1 amide bonds. The summed E-state index contributed by atoms with van der Waals surface area (Å²) < 4.78 is 26.4. The Bertz CT molecular complexity index is 760. The number of amides is 1. The monoisotopic (exact) mass is 309 g/mol. The molecular formula is C14H15NO3S2. The van der Waals surface area contributed by atoms with Gasteiger partial charge in [0.15, 0.2) is 0 Å². The molecule has 0 spiro atoms. The fourth-order valence-electron chi connectivity index (χ4n) is 1.67. The minimum atomic E-state index is -3.83. The van der Waals surface area contributed by atoms with Crippen LogP contribution in [-0.2, 0) is 10.0 Å². The smallest absolute Gasteiger partial charge is 0.267 e. The van der Waals surface area contributed by atoms with Gasteiger partial charge >= 0.3 is 0 Å². The molecule has 2 aromatic rings. The molecule has 1 aromatic heterocycles. The van der Waals surface area contributed by atoms with Crippen LogP contribution in [0.4, 0.5) is 0 Å². The summed E-state index contributed by atoms with van der Waals surface area (Å²) in [4.78, 5) is 13.4. The van der Waals surface area contributed by atoms with E-state index < -0.39 is 15.9 Å². The van der Waals surface area contributed by atoms with Crippen molar-refractivity contribution < 1.29 is 13.2 Å². The van der Waals surface area contributed by atoms with Gasteiger partial charge in [-0.15, -0.1) is 11.3 Å². The fourth-order valence-corrected chi connectivity index (χ4v) is 3.55. The van der Waals surface area contributed by atoms with Crippen LogP contribution in [0.3, 0.4) is 0 Å². The molecular weight excluding hydrogens is 294 g/mol. The number of carbonyl (C=O) groups excluding carboxylic acids is 1.